The normalized spacial score (nSPS) is 10.4. The molecule has 3 aromatic rings. The van der Waals surface area contributed by atoms with Gasteiger partial charge in [-0.2, -0.15) is 15.4 Å². The third-order valence-corrected chi connectivity index (χ3v) is 3.23. The van der Waals surface area contributed by atoms with Crippen molar-refractivity contribution in [2.75, 3.05) is 0 Å². The van der Waals surface area contributed by atoms with Gasteiger partial charge in [-0.15, -0.1) is 0 Å². The molecule has 110 valence electrons. The van der Waals surface area contributed by atoms with E-state index in [1.165, 1.54) is 0 Å². The summed E-state index contributed by atoms with van der Waals surface area (Å²) in [6.07, 6.45) is 0. The molecule has 22 heavy (non-hydrogen) atoms. The number of halogens is 1. The Morgan fingerprint density at radius 3 is 2.18 bits per heavy atom. The molecule has 0 bridgehead atoms. The summed E-state index contributed by atoms with van der Waals surface area (Å²) in [4.78, 5) is 23.9. The zero-order valence-electron chi connectivity index (χ0n) is 11.1. The van der Waals surface area contributed by atoms with Gasteiger partial charge in [0, 0.05) is 16.1 Å². The number of rotatable bonds is 2. The summed E-state index contributed by atoms with van der Waals surface area (Å²) >= 11 is 5.75. The van der Waals surface area contributed by atoms with E-state index >= 15 is 0 Å². The number of carbonyl (C=O) groups is 2. The summed E-state index contributed by atoms with van der Waals surface area (Å²) < 4.78 is 0. The SMILES string of the molecule is O=C(NNC(=O)c1ccc2n[nH]nc2c1)c1ccc(Cl)cc1. The van der Waals surface area contributed by atoms with Crippen LogP contribution in [-0.2, 0) is 0 Å². The van der Waals surface area contributed by atoms with Crippen LogP contribution in [0.5, 0.6) is 0 Å². The van der Waals surface area contributed by atoms with E-state index in [1.807, 2.05) is 0 Å². The number of carbonyl (C=O) groups excluding carboxylic acids is 2. The molecule has 0 atom stereocenters. The minimum atomic E-state index is -0.452. The fourth-order valence-electron chi connectivity index (χ4n) is 1.84. The summed E-state index contributed by atoms with van der Waals surface area (Å²) in [6, 6.07) is 11.1. The molecule has 0 aliphatic rings. The number of aromatic nitrogens is 3. The van der Waals surface area contributed by atoms with Crippen LogP contribution in [-0.4, -0.2) is 27.2 Å². The largest absolute Gasteiger partial charge is 0.269 e. The Labute approximate surface area is 129 Å². The molecule has 0 saturated heterocycles. The lowest BCUT2D eigenvalue weighted by atomic mass is 10.2. The second-order valence-electron chi connectivity index (χ2n) is 4.44. The highest BCUT2D eigenvalue weighted by atomic mass is 35.5. The van der Waals surface area contributed by atoms with Crippen LogP contribution < -0.4 is 10.9 Å². The fraction of sp³-hybridized carbons (Fsp3) is 0. The molecule has 2 aromatic carbocycles. The van der Waals surface area contributed by atoms with Gasteiger partial charge in [0.1, 0.15) is 11.0 Å². The molecule has 8 heteroatoms. The Kier molecular flexibility index (Phi) is 3.71. The number of fused-ring (bicyclic) bond motifs is 1. The van der Waals surface area contributed by atoms with Crippen LogP contribution in [0.4, 0.5) is 0 Å². The Morgan fingerprint density at radius 2 is 1.45 bits per heavy atom. The van der Waals surface area contributed by atoms with E-state index < -0.39 is 11.8 Å². The summed E-state index contributed by atoms with van der Waals surface area (Å²) in [5.41, 5.74) is 6.64. The van der Waals surface area contributed by atoms with Gasteiger partial charge in [-0.25, -0.2) is 0 Å². The standard InChI is InChI=1S/C14H10ClN5O2/c15-10-4-1-8(2-5-10)13(21)18-19-14(22)9-3-6-11-12(7-9)17-20-16-11/h1-7H,(H,18,21)(H,19,22)(H,16,17,20). The number of hydrazine groups is 1. The average Bonchev–Trinajstić information content (AvgIpc) is 3.00. The molecule has 0 aliphatic carbocycles. The van der Waals surface area contributed by atoms with E-state index in [4.69, 9.17) is 11.6 Å². The van der Waals surface area contributed by atoms with Crippen LogP contribution in [0.1, 0.15) is 20.7 Å². The van der Waals surface area contributed by atoms with Crippen LogP contribution in [0, 0.1) is 0 Å². The van der Waals surface area contributed by atoms with E-state index in [9.17, 15) is 9.59 Å². The monoisotopic (exact) mass is 315 g/mol. The van der Waals surface area contributed by atoms with Crippen LogP contribution >= 0.6 is 11.6 Å². The van der Waals surface area contributed by atoms with Gasteiger partial charge in [-0.1, -0.05) is 11.6 Å². The van der Waals surface area contributed by atoms with Crippen LogP contribution in [0.2, 0.25) is 5.02 Å². The van der Waals surface area contributed by atoms with Crippen molar-refractivity contribution in [3.05, 3.63) is 58.6 Å². The molecule has 1 aromatic heterocycles. The molecule has 2 amide bonds. The Balaban J connectivity index is 1.66. The van der Waals surface area contributed by atoms with Gasteiger partial charge in [0.15, 0.2) is 0 Å². The lowest BCUT2D eigenvalue weighted by Gasteiger charge is -2.07. The predicted molar refractivity (Wildman–Crippen MR) is 80.3 cm³/mol. The third kappa shape index (κ3) is 2.89. The first kappa shape index (κ1) is 14.0. The molecule has 7 nitrogen and oxygen atoms in total. The van der Waals surface area contributed by atoms with Crippen molar-refractivity contribution in [1.82, 2.24) is 26.3 Å². The smallest absolute Gasteiger partial charge is 0.267 e. The van der Waals surface area contributed by atoms with E-state index in [2.05, 4.69) is 26.3 Å². The number of benzene rings is 2. The molecular formula is C14H10ClN5O2. The minimum absolute atomic E-state index is 0.359. The zero-order chi connectivity index (χ0) is 15.5. The van der Waals surface area contributed by atoms with Crippen molar-refractivity contribution in [3.63, 3.8) is 0 Å². The van der Waals surface area contributed by atoms with E-state index in [0.717, 1.165) is 0 Å². The van der Waals surface area contributed by atoms with Crippen LogP contribution in [0.15, 0.2) is 42.5 Å². The van der Waals surface area contributed by atoms with E-state index in [-0.39, 0.29) is 0 Å². The van der Waals surface area contributed by atoms with Gasteiger partial charge in [-0.3, -0.25) is 20.4 Å². The van der Waals surface area contributed by atoms with Crippen molar-refractivity contribution in [1.29, 1.82) is 0 Å². The second kappa shape index (κ2) is 5.82. The highest BCUT2D eigenvalue weighted by Crippen LogP contribution is 2.11. The first-order valence-corrected chi connectivity index (χ1v) is 6.68. The van der Waals surface area contributed by atoms with Gasteiger partial charge in [-0.05, 0) is 42.5 Å². The molecule has 0 fully saturated rings. The van der Waals surface area contributed by atoms with Crippen LogP contribution in [0.3, 0.4) is 0 Å². The Bertz CT molecular complexity index is 844. The first-order valence-electron chi connectivity index (χ1n) is 6.30. The maximum absolute atomic E-state index is 12.0. The molecule has 0 aliphatic heterocycles. The highest BCUT2D eigenvalue weighted by molar-refractivity contribution is 6.30. The van der Waals surface area contributed by atoms with Gasteiger partial charge in [0.2, 0.25) is 0 Å². The number of amides is 2. The molecule has 3 N–H and O–H groups in total. The predicted octanol–water partition coefficient (Wildman–Crippen LogP) is 1.69. The van der Waals surface area contributed by atoms with Gasteiger partial charge in [0.25, 0.3) is 11.8 Å². The molecule has 1 heterocycles. The summed E-state index contributed by atoms with van der Waals surface area (Å²) in [6.45, 7) is 0. The second-order valence-corrected chi connectivity index (χ2v) is 4.88. The third-order valence-electron chi connectivity index (χ3n) is 2.97. The number of hydrogen-bond acceptors (Lipinski definition) is 4. The molecule has 0 unspecified atom stereocenters. The zero-order valence-corrected chi connectivity index (χ0v) is 11.9. The lowest BCUT2D eigenvalue weighted by Crippen LogP contribution is -2.41. The van der Waals surface area contributed by atoms with Crippen molar-refractivity contribution < 1.29 is 9.59 Å². The Morgan fingerprint density at radius 1 is 0.864 bits per heavy atom. The fourth-order valence-corrected chi connectivity index (χ4v) is 1.97. The number of nitrogens with zero attached hydrogens (tertiary/aromatic N) is 2. The summed E-state index contributed by atoms with van der Waals surface area (Å²) in [5.74, 6) is -0.889. The van der Waals surface area contributed by atoms with E-state index in [0.29, 0.717) is 27.2 Å². The van der Waals surface area contributed by atoms with Crippen molar-refractivity contribution in [2.45, 2.75) is 0 Å². The minimum Gasteiger partial charge on any atom is -0.267 e. The summed E-state index contributed by atoms with van der Waals surface area (Å²) in [5, 5.41) is 10.8. The van der Waals surface area contributed by atoms with Crippen molar-refractivity contribution in [2.24, 2.45) is 0 Å². The van der Waals surface area contributed by atoms with Gasteiger partial charge < -0.3 is 0 Å². The maximum Gasteiger partial charge on any atom is 0.269 e. The molecule has 0 saturated carbocycles. The van der Waals surface area contributed by atoms with Crippen molar-refractivity contribution in [3.8, 4) is 0 Å². The molecular weight excluding hydrogens is 306 g/mol. The molecule has 0 spiro atoms. The van der Waals surface area contributed by atoms with Crippen LogP contribution in [0.25, 0.3) is 11.0 Å². The number of hydrogen-bond donors (Lipinski definition) is 3. The number of aromatic amines is 1. The molecule has 3 rings (SSSR count). The number of H-pyrrole nitrogens is 1. The van der Waals surface area contributed by atoms with E-state index in [1.54, 1.807) is 42.5 Å². The topological polar surface area (TPSA) is 99.8 Å². The Hall–Kier alpha value is -2.93. The average molecular weight is 316 g/mol. The van der Waals surface area contributed by atoms with Gasteiger partial charge >= 0.3 is 0 Å². The quantitative estimate of drug-likeness (QED) is 0.626. The highest BCUT2D eigenvalue weighted by Gasteiger charge is 2.10. The first-order chi connectivity index (χ1) is 10.6. The van der Waals surface area contributed by atoms with Gasteiger partial charge in [0.05, 0.1) is 0 Å². The van der Waals surface area contributed by atoms with Crippen molar-refractivity contribution >= 4 is 34.4 Å². The maximum atomic E-state index is 12.0. The molecule has 0 radical (unpaired) electrons. The summed E-state index contributed by atoms with van der Waals surface area (Å²) in [7, 11) is 0. The number of nitrogens with one attached hydrogen (secondary N) is 3. The lowest BCUT2D eigenvalue weighted by molar-refractivity contribution is 0.0847.